The average molecular weight is 390 g/mol. The zero-order valence-electron chi connectivity index (χ0n) is 14.5. The first kappa shape index (κ1) is 17.8. The number of aryl methyl sites for hydroxylation is 1. The Labute approximate surface area is 156 Å². The van der Waals surface area contributed by atoms with Crippen LogP contribution in [0.25, 0.3) is 11.0 Å². The molecule has 4 aromatic rings. The molecule has 0 bridgehead atoms. The Morgan fingerprint density at radius 2 is 1.89 bits per heavy atom. The van der Waals surface area contributed by atoms with Crippen LogP contribution in [-0.2, 0) is 13.6 Å². The van der Waals surface area contributed by atoms with Crippen molar-refractivity contribution in [2.45, 2.75) is 12.9 Å². The number of fused-ring (bicyclic) bond motifs is 1. The van der Waals surface area contributed by atoms with Crippen molar-refractivity contribution < 1.29 is 22.6 Å². The smallest absolute Gasteiger partial charge is 0.457 e. The number of aromatic nitrogens is 6. The molecule has 8 nitrogen and oxygen atoms in total. The van der Waals surface area contributed by atoms with E-state index in [0.29, 0.717) is 22.6 Å². The van der Waals surface area contributed by atoms with E-state index < -0.39 is 6.36 Å². The van der Waals surface area contributed by atoms with Crippen LogP contribution in [0, 0.1) is 0 Å². The Bertz CT molecular complexity index is 1110. The minimum atomic E-state index is -4.79. The summed E-state index contributed by atoms with van der Waals surface area (Å²) in [5.41, 5.74) is 1.90. The highest BCUT2D eigenvalue weighted by atomic mass is 19.4. The second kappa shape index (κ2) is 6.83. The molecule has 2 aromatic carbocycles. The lowest BCUT2D eigenvalue weighted by Crippen LogP contribution is -2.17. The largest absolute Gasteiger partial charge is 0.573 e. The Hall–Kier alpha value is -3.63. The van der Waals surface area contributed by atoms with Gasteiger partial charge in [-0.25, -0.2) is 14.3 Å². The summed E-state index contributed by atoms with van der Waals surface area (Å²) in [5.74, 6) is 0.503. The predicted molar refractivity (Wildman–Crippen MR) is 90.8 cm³/mol. The maximum Gasteiger partial charge on any atom is 0.573 e. The van der Waals surface area contributed by atoms with Gasteiger partial charge in [-0.15, -0.1) is 18.3 Å². The highest BCUT2D eigenvalue weighted by Crippen LogP contribution is 2.32. The van der Waals surface area contributed by atoms with E-state index in [-0.39, 0.29) is 12.3 Å². The van der Waals surface area contributed by atoms with E-state index in [1.54, 1.807) is 29.9 Å². The van der Waals surface area contributed by atoms with Crippen LogP contribution in [0.5, 0.6) is 17.2 Å². The summed E-state index contributed by atoms with van der Waals surface area (Å²) in [6.07, 6.45) is -2.00. The van der Waals surface area contributed by atoms with Crippen LogP contribution in [0.2, 0.25) is 0 Å². The van der Waals surface area contributed by atoms with Crippen molar-refractivity contribution in [2.75, 3.05) is 0 Å². The standard InChI is InChI=1S/C17H13F3N6O2/c1-25-15-7-12(2-4-14(15)23-24-25)27-16-5-3-13(28-17(18,19)20)6-11(16)8-26-10-21-9-22-26/h2-7,9-10H,8H2,1H3. The van der Waals surface area contributed by atoms with Gasteiger partial charge < -0.3 is 9.47 Å². The number of ether oxygens (including phenoxy) is 2. The van der Waals surface area contributed by atoms with Gasteiger partial charge in [-0.05, 0) is 30.3 Å². The summed E-state index contributed by atoms with van der Waals surface area (Å²) in [4.78, 5) is 3.83. The summed E-state index contributed by atoms with van der Waals surface area (Å²) in [7, 11) is 1.75. The molecule has 0 unspecified atom stereocenters. The maximum atomic E-state index is 12.6. The molecule has 28 heavy (non-hydrogen) atoms. The average Bonchev–Trinajstić information content (AvgIpc) is 3.26. The van der Waals surface area contributed by atoms with E-state index in [9.17, 15) is 13.2 Å². The zero-order valence-corrected chi connectivity index (χ0v) is 14.5. The van der Waals surface area contributed by atoms with E-state index in [1.807, 2.05) is 0 Å². The molecule has 0 saturated heterocycles. The molecule has 144 valence electrons. The minimum Gasteiger partial charge on any atom is -0.457 e. The molecule has 11 heteroatoms. The minimum absolute atomic E-state index is 0.153. The van der Waals surface area contributed by atoms with Crippen molar-refractivity contribution in [3.8, 4) is 17.2 Å². The molecule has 0 radical (unpaired) electrons. The number of alkyl halides is 3. The van der Waals surface area contributed by atoms with Crippen molar-refractivity contribution in [3.63, 3.8) is 0 Å². The van der Waals surface area contributed by atoms with Gasteiger partial charge in [-0.2, -0.15) is 5.10 Å². The van der Waals surface area contributed by atoms with Gasteiger partial charge >= 0.3 is 6.36 Å². The predicted octanol–water partition coefficient (Wildman–Crippen LogP) is 3.30. The molecule has 0 fully saturated rings. The Morgan fingerprint density at radius 3 is 2.64 bits per heavy atom. The first-order chi connectivity index (χ1) is 13.4. The number of hydrogen-bond donors (Lipinski definition) is 0. The first-order valence-electron chi connectivity index (χ1n) is 8.06. The van der Waals surface area contributed by atoms with Gasteiger partial charge in [0.05, 0.1) is 12.1 Å². The molecule has 0 atom stereocenters. The topological polar surface area (TPSA) is 79.9 Å². The van der Waals surface area contributed by atoms with E-state index >= 15 is 0 Å². The Balaban J connectivity index is 1.68. The van der Waals surface area contributed by atoms with Crippen molar-refractivity contribution in [2.24, 2.45) is 7.05 Å². The molecule has 0 N–H and O–H groups in total. The lowest BCUT2D eigenvalue weighted by atomic mass is 10.2. The first-order valence-corrected chi connectivity index (χ1v) is 8.06. The van der Waals surface area contributed by atoms with Gasteiger partial charge in [0, 0.05) is 18.7 Å². The quantitative estimate of drug-likeness (QED) is 0.520. The number of benzene rings is 2. The number of halogens is 3. The van der Waals surface area contributed by atoms with Crippen LogP contribution in [0.4, 0.5) is 13.2 Å². The molecule has 2 heterocycles. The molecule has 0 aliphatic carbocycles. The lowest BCUT2D eigenvalue weighted by Gasteiger charge is -2.14. The van der Waals surface area contributed by atoms with Crippen molar-refractivity contribution in [1.29, 1.82) is 0 Å². The fourth-order valence-corrected chi connectivity index (χ4v) is 2.67. The molecular weight excluding hydrogens is 377 g/mol. The summed E-state index contributed by atoms with van der Waals surface area (Å²) in [6, 6.07) is 9.06. The van der Waals surface area contributed by atoms with Crippen LogP contribution < -0.4 is 9.47 Å². The fourth-order valence-electron chi connectivity index (χ4n) is 2.67. The molecule has 0 aliphatic rings. The monoisotopic (exact) mass is 390 g/mol. The highest BCUT2D eigenvalue weighted by molar-refractivity contribution is 5.76. The van der Waals surface area contributed by atoms with Gasteiger partial charge in [-0.3, -0.25) is 0 Å². The second-order valence-corrected chi connectivity index (χ2v) is 5.88. The van der Waals surface area contributed by atoms with Crippen molar-refractivity contribution in [3.05, 3.63) is 54.6 Å². The van der Waals surface area contributed by atoms with Gasteiger partial charge in [0.25, 0.3) is 0 Å². The summed E-state index contributed by atoms with van der Waals surface area (Å²) in [6.45, 7) is 0.153. The molecule has 0 saturated carbocycles. The summed E-state index contributed by atoms with van der Waals surface area (Å²) < 4.78 is 50.7. The molecule has 0 aliphatic heterocycles. The van der Waals surface area contributed by atoms with Gasteiger partial charge in [0.15, 0.2) is 0 Å². The molecular formula is C17H13F3N6O2. The number of hydrogen-bond acceptors (Lipinski definition) is 6. The number of rotatable bonds is 5. The van der Waals surface area contributed by atoms with E-state index in [0.717, 1.165) is 5.52 Å². The third-order valence-electron chi connectivity index (χ3n) is 3.87. The highest BCUT2D eigenvalue weighted by Gasteiger charge is 2.31. The van der Waals surface area contributed by atoms with Crippen LogP contribution in [0.1, 0.15) is 5.56 Å². The Kier molecular flexibility index (Phi) is 4.34. The lowest BCUT2D eigenvalue weighted by molar-refractivity contribution is -0.274. The van der Waals surface area contributed by atoms with Crippen LogP contribution in [0.3, 0.4) is 0 Å². The molecule has 0 amide bonds. The Morgan fingerprint density at radius 1 is 1.07 bits per heavy atom. The van der Waals surface area contributed by atoms with Gasteiger partial charge in [-0.1, -0.05) is 5.21 Å². The summed E-state index contributed by atoms with van der Waals surface area (Å²) in [5, 5.41) is 11.9. The number of nitrogens with zero attached hydrogens (tertiary/aromatic N) is 6. The fraction of sp³-hybridized carbons (Fsp3) is 0.176. The van der Waals surface area contributed by atoms with E-state index in [4.69, 9.17) is 4.74 Å². The summed E-state index contributed by atoms with van der Waals surface area (Å²) >= 11 is 0. The second-order valence-electron chi connectivity index (χ2n) is 5.88. The van der Waals surface area contributed by atoms with Crippen LogP contribution >= 0.6 is 0 Å². The van der Waals surface area contributed by atoms with Crippen molar-refractivity contribution >= 4 is 11.0 Å². The van der Waals surface area contributed by atoms with Crippen LogP contribution in [0.15, 0.2) is 49.1 Å². The third-order valence-corrected chi connectivity index (χ3v) is 3.87. The van der Waals surface area contributed by atoms with Crippen LogP contribution in [-0.4, -0.2) is 36.1 Å². The zero-order chi connectivity index (χ0) is 19.7. The molecule has 4 rings (SSSR count). The third kappa shape index (κ3) is 3.87. The van der Waals surface area contributed by atoms with E-state index in [1.165, 1.54) is 35.5 Å². The van der Waals surface area contributed by atoms with Gasteiger partial charge in [0.1, 0.15) is 35.4 Å². The normalized spacial score (nSPS) is 11.7. The molecule has 2 aromatic heterocycles. The maximum absolute atomic E-state index is 12.6. The SMILES string of the molecule is Cn1nnc2ccc(Oc3ccc(OC(F)(F)F)cc3Cn3cncn3)cc21. The molecule has 0 spiro atoms. The van der Waals surface area contributed by atoms with Gasteiger partial charge in [0.2, 0.25) is 0 Å². The van der Waals surface area contributed by atoms with E-state index in [2.05, 4.69) is 25.1 Å². The van der Waals surface area contributed by atoms with Crippen molar-refractivity contribution in [1.82, 2.24) is 29.8 Å².